The molecule has 5 nitrogen and oxygen atoms in total. The van der Waals surface area contributed by atoms with E-state index in [4.69, 9.17) is 4.74 Å². The van der Waals surface area contributed by atoms with Crippen LogP contribution in [0.3, 0.4) is 0 Å². The van der Waals surface area contributed by atoms with Crippen LogP contribution in [0.1, 0.15) is 9.67 Å². The maximum atomic E-state index is 13.2. The lowest BCUT2D eigenvalue weighted by atomic mass is 10.2. The van der Waals surface area contributed by atoms with Gasteiger partial charge in [0, 0.05) is 16.8 Å². The molecule has 0 spiro atoms. The van der Waals surface area contributed by atoms with Crippen molar-refractivity contribution in [2.45, 2.75) is 0 Å². The Bertz CT molecular complexity index is 938. The van der Waals surface area contributed by atoms with Crippen LogP contribution in [-0.2, 0) is 0 Å². The molecular formula is C15H7F2NO4S. The molecule has 0 radical (unpaired) electrons. The molecule has 0 unspecified atom stereocenters. The number of thiophene rings is 1. The highest BCUT2D eigenvalue weighted by Crippen LogP contribution is 2.31. The summed E-state index contributed by atoms with van der Waals surface area (Å²) in [5, 5.41) is 11.4. The predicted molar refractivity (Wildman–Crippen MR) is 79.8 cm³/mol. The molecular weight excluding hydrogens is 328 g/mol. The summed E-state index contributed by atoms with van der Waals surface area (Å²) >= 11 is 1.05. The van der Waals surface area contributed by atoms with Gasteiger partial charge in [0.2, 0.25) is 5.75 Å². The van der Waals surface area contributed by atoms with Crippen LogP contribution in [0.5, 0.6) is 5.75 Å². The van der Waals surface area contributed by atoms with Gasteiger partial charge < -0.3 is 4.74 Å². The van der Waals surface area contributed by atoms with Crippen LogP contribution in [0.4, 0.5) is 14.5 Å². The Kier molecular flexibility index (Phi) is 3.75. The van der Waals surface area contributed by atoms with E-state index in [0.717, 1.165) is 29.5 Å². The number of carbonyl (C=O) groups excluding carboxylic acids is 1. The summed E-state index contributed by atoms with van der Waals surface area (Å²) in [5.74, 6) is -2.57. The minimum Gasteiger partial charge on any atom is -0.415 e. The standard InChI is InChI=1S/C15H7F2NO4S/c16-9-2-4-13-8(5-9)6-14(23-13)15(19)22-12-7-10(17)1-3-11(12)18(20)21/h1-7H. The Hall–Kier alpha value is -2.87. The molecule has 0 aliphatic heterocycles. The lowest BCUT2D eigenvalue weighted by Gasteiger charge is -2.03. The summed E-state index contributed by atoms with van der Waals surface area (Å²) in [7, 11) is 0. The summed E-state index contributed by atoms with van der Waals surface area (Å²) in [6, 6.07) is 8.02. The fraction of sp³-hybridized carbons (Fsp3) is 0. The van der Waals surface area contributed by atoms with Crippen molar-refractivity contribution in [3.63, 3.8) is 0 Å². The van der Waals surface area contributed by atoms with Crippen molar-refractivity contribution in [3.8, 4) is 5.75 Å². The van der Waals surface area contributed by atoms with Crippen LogP contribution < -0.4 is 4.74 Å². The molecule has 0 bridgehead atoms. The van der Waals surface area contributed by atoms with Gasteiger partial charge in [-0.15, -0.1) is 11.3 Å². The highest BCUT2D eigenvalue weighted by atomic mass is 32.1. The van der Waals surface area contributed by atoms with Crippen molar-refractivity contribution in [2.75, 3.05) is 0 Å². The van der Waals surface area contributed by atoms with E-state index in [-0.39, 0.29) is 4.88 Å². The zero-order valence-corrected chi connectivity index (χ0v) is 12.1. The van der Waals surface area contributed by atoms with E-state index in [2.05, 4.69) is 0 Å². The summed E-state index contributed by atoms with van der Waals surface area (Å²) < 4.78 is 32.0. The second-order valence-electron chi connectivity index (χ2n) is 4.55. The van der Waals surface area contributed by atoms with Crippen LogP contribution in [0, 0.1) is 21.7 Å². The van der Waals surface area contributed by atoms with Gasteiger partial charge in [-0.25, -0.2) is 13.6 Å². The fourth-order valence-corrected chi connectivity index (χ4v) is 2.91. The first-order chi connectivity index (χ1) is 10.9. The Morgan fingerprint density at radius 3 is 2.52 bits per heavy atom. The molecule has 116 valence electrons. The molecule has 0 atom stereocenters. The average Bonchev–Trinajstić information content (AvgIpc) is 2.90. The van der Waals surface area contributed by atoms with E-state index in [1.165, 1.54) is 24.3 Å². The SMILES string of the molecule is O=C(Oc1cc(F)ccc1[N+](=O)[O-])c1cc2cc(F)ccc2s1. The predicted octanol–water partition coefficient (Wildman–Crippen LogP) is 4.31. The number of fused-ring (bicyclic) bond motifs is 1. The molecule has 3 rings (SSSR count). The molecule has 0 fully saturated rings. The molecule has 0 saturated carbocycles. The smallest absolute Gasteiger partial charge is 0.353 e. The number of ether oxygens (including phenoxy) is 1. The van der Waals surface area contributed by atoms with Crippen LogP contribution in [-0.4, -0.2) is 10.9 Å². The average molecular weight is 335 g/mol. The molecule has 0 amide bonds. The van der Waals surface area contributed by atoms with Gasteiger partial charge in [-0.2, -0.15) is 0 Å². The first kappa shape index (κ1) is 15.0. The molecule has 1 heterocycles. The lowest BCUT2D eigenvalue weighted by molar-refractivity contribution is -0.385. The third-order valence-corrected chi connectivity index (χ3v) is 4.10. The third-order valence-electron chi connectivity index (χ3n) is 3.00. The second kappa shape index (κ2) is 5.73. The highest BCUT2D eigenvalue weighted by molar-refractivity contribution is 7.20. The van der Waals surface area contributed by atoms with Gasteiger partial charge in [-0.05, 0) is 35.7 Å². The minimum atomic E-state index is -0.875. The summed E-state index contributed by atoms with van der Waals surface area (Å²) in [5.41, 5.74) is -0.521. The van der Waals surface area contributed by atoms with E-state index in [1.54, 1.807) is 0 Å². The van der Waals surface area contributed by atoms with Crippen molar-refractivity contribution in [3.05, 3.63) is 69.1 Å². The molecule has 23 heavy (non-hydrogen) atoms. The van der Waals surface area contributed by atoms with Gasteiger partial charge in [-0.3, -0.25) is 10.1 Å². The van der Waals surface area contributed by atoms with E-state index in [9.17, 15) is 23.7 Å². The second-order valence-corrected chi connectivity index (χ2v) is 5.64. The van der Waals surface area contributed by atoms with Gasteiger partial charge in [0.1, 0.15) is 16.5 Å². The van der Waals surface area contributed by atoms with E-state index >= 15 is 0 Å². The fourth-order valence-electron chi connectivity index (χ4n) is 1.99. The van der Waals surface area contributed by atoms with Crippen LogP contribution in [0.15, 0.2) is 42.5 Å². The van der Waals surface area contributed by atoms with Crippen molar-refractivity contribution >= 4 is 33.1 Å². The zero-order valence-electron chi connectivity index (χ0n) is 11.3. The highest BCUT2D eigenvalue weighted by Gasteiger charge is 2.21. The summed E-state index contributed by atoms with van der Waals surface area (Å²) in [6.45, 7) is 0. The monoisotopic (exact) mass is 335 g/mol. The summed E-state index contributed by atoms with van der Waals surface area (Å²) in [4.78, 5) is 22.3. The Morgan fingerprint density at radius 1 is 1.09 bits per heavy atom. The first-order valence-corrected chi connectivity index (χ1v) is 7.11. The van der Waals surface area contributed by atoms with Gasteiger partial charge in [-0.1, -0.05) is 0 Å². The number of nitro groups is 1. The van der Waals surface area contributed by atoms with Crippen LogP contribution in [0.25, 0.3) is 10.1 Å². The largest absolute Gasteiger partial charge is 0.415 e. The number of esters is 1. The van der Waals surface area contributed by atoms with E-state index in [1.807, 2.05) is 0 Å². The van der Waals surface area contributed by atoms with Crippen molar-refractivity contribution < 1.29 is 23.2 Å². The number of hydrogen-bond acceptors (Lipinski definition) is 5. The number of rotatable bonds is 3. The summed E-state index contributed by atoms with van der Waals surface area (Å²) in [6.07, 6.45) is 0. The van der Waals surface area contributed by atoms with Crippen LogP contribution in [0.2, 0.25) is 0 Å². The normalized spacial score (nSPS) is 10.7. The number of carbonyl (C=O) groups is 1. The first-order valence-electron chi connectivity index (χ1n) is 6.29. The molecule has 3 aromatic rings. The Balaban J connectivity index is 1.94. The van der Waals surface area contributed by atoms with Crippen molar-refractivity contribution in [1.29, 1.82) is 0 Å². The molecule has 0 N–H and O–H groups in total. The molecule has 8 heteroatoms. The molecule has 2 aromatic carbocycles. The number of benzene rings is 2. The zero-order chi connectivity index (χ0) is 16.6. The lowest BCUT2D eigenvalue weighted by Crippen LogP contribution is -2.08. The van der Waals surface area contributed by atoms with E-state index < -0.39 is 34.0 Å². The maximum Gasteiger partial charge on any atom is 0.353 e. The van der Waals surface area contributed by atoms with Gasteiger partial charge in [0.15, 0.2) is 0 Å². The molecule has 0 saturated heterocycles. The Morgan fingerprint density at radius 2 is 1.78 bits per heavy atom. The van der Waals surface area contributed by atoms with Gasteiger partial charge in [0.25, 0.3) is 0 Å². The molecule has 0 aliphatic carbocycles. The molecule has 0 aliphatic rings. The van der Waals surface area contributed by atoms with Crippen molar-refractivity contribution in [1.82, 2.24) is 0 Å². The van der Waals surface area contributed by atoms with Gasteiger partial charge in [0.05, 0.1) is 4.92 Å². The van der Waals surface area contributed by atoms with Crippen molar-refractivity contribution in [2.24, 2.45) is 0 Å². The maximum absolute atomic E-state index is 13.2. The van der Waals surface area contributed by atoms with Gasteiger partial charge >= 0.3 is 11.7 Å². The minimum absolute atomic E-state index is 0.129. The quantitative estimate of drug-likeness (QED) is 0.309. The molecule has 1 aromatic heterocycles. The number of halogens is 2. The number of hydrogen-bond donors (Lipinski definition) is 0. The third kappa shape index (κ3) is 3.02. The number of nitrogens with zero attached hydrogens (tertiary/aromatic N) is 1. The topological polar surface area (TPSA) is 69.4 Å². The van der Waals surface area contributed by atoms with E-state index in [0.29, 0.717) is 10.1 Å². The number of nitro benzene ring substituents is 1. The van der Waals surface area contributed by atoms with Crippen LogP contribution >= 0.6 is 11.3 Å². The Labute approximate surface area is 131 Å².